The number of anilines is 1. The normalized spacial score (nSPS) is 10.6. The lowest BCUT2D eigenvalue weighted by molar-refractivity contribution is 0.520. The van der Waals surface area contributed by atoms with Crippen molar-refractivity contribution in [2.24, 2.45) is 0 Å². The number of para-hydroxylation sites is 2. The van der Waals surface area contributed by atoms with Gasteiger partial charge in [0.25, 0.3) is 0 Å². The van der Waals surface area contributed by atoms with Gasteiger partial charge in [0.15, 0.2) is 5.22 Å². The third kappa shape index (κ3) is 2.63. The van der Waals surface area contributed by atoms with Gasteiger partial charge in [0.1, 0.15) is 5.76 Å². The first-order valence-corrected chi connectivity index (χ1v) is 6.26. The van der Waals surface area contributed by atoms with Gasteiger partial charge in [-0.3, -0.25) is 0 Å². The Hall–Kier alpha value is -2.20. The summed E-state index contributed by atoms with van der Waals surface area (Å²) >= 11 is 5.75. The summed E-state index contributed by atoms with van der Waals surface area (Å²) in [4.78, 5) is 4.06. The molecule has 0 atom stereocenters. The molecule has 4 nitrogen and oxygen atoms in total. The number of nitrogens with one attached hydrogen (secondary N) is 1. The van der Waals surface area contributed by atoms with Crippen LogP contribution in [0.3, 0.4) is 0 Å². The predicted molar refractivity (Wildman–Crippen MR) is 74.6 cm³/mol. The molecule has 3 rings (SSSR count). The lowest BCUT2D eigenvalue weighted by Gasteiger charge is -2.11. The Balaban J connectivity index is 1.81. The Morgan fingerprint density at radius 2 is 2.11 bits per heavy atom. The Labute approximate surface area is 115 Å². The highest BCUT2D eigenvalue weighted by atomic mass is 35.5. The van der Waals surface area contributed by atoms with Gasteiger partial charge < -0.3 is 14.3 Å². The number of hydrogen-bond donors (Lipinski definition) is 1. The van der Waals surface area contributed by atoms with Gasteiger partial charge in [0.2, 0.25) is 0 Å². The Bertz CT molecular complexity index is 661. The highest BCUT2D eigenvalue weighted by molar-refractivity contribution is 6.28. The van der Waals surface area contributed by atoms with Crippen molar-refractivity contribution < 1.29 is 4.42 Å². The van der Waals surface area contributed by atoms with Crippen molar-refractivity contribution >= 4 is 17.3 Å². The first-order valence-electron chi connectivity index (χ1n) is 5.88. The third-order valence-electron chi connectivity index (χ3n) is 2.77. The van der Waals surface area contributed by atoms with Gasteiger partial charge in [-0.2, -0.15) is 0 Å². The second kappa shape index (κ2) is 5.20. The molecule has 0 amide bonds. The molecular formula is C14H12ClN3O. The van der Waals surface area contributed by atoms with Crippen molar-refractivity contribution in [3.05, 3.63) is 66.1 Å². The summed E-state index contributed by atoms with van der Waals surface area (Å²) in [5.74, 6) is 0.797. The van der Waals surface area contributed by atoms with E-state index in [9.17, 15) is 0 Å². The molecule has 1 N–H and O–H groups in total. The SMILES string of the molecule is Clc1ccc(CNc2ccccc2-n2ccnc2)o1. The van der Waals surface area contributed by atoms with E-state index < -0.39 is 0 Å². The number of rotatable bonds is 4. The van der Waals surface area contributed by atoms with Crippen LogP contribution in [0.5, 0.6) is 0 Å². The van der Waals surface area contributed by atoms with Crippen LogP contribution in [0.2, 0.25) is 5.22 Å². The van der Waals surface area contributed by atoms with Crippen LogP contribution in [0.1, 0.15) is 5.76 Å². The summed E-state index contributed by atoms with van der Waals surface area (Å²) in [6.45, 7) is 0.582. The Kier molecular flexibility index (Phi) is 3.25. The van der Waals surface area contributed by atoms with Gasteiger partial charge >= 0.3 is 0 Å². The van der Waals surface area contributed by atoms with Crippen LogP contribution in [-0.4, -0.2) is 9.55 Å². The summed E-state index contributed by atoms with van der Waals surface area (Å²) in [5.41, 5.74) is 2.05. The lowest BCUT2D eigenvalue weighted by Crippen LogP contribution is -2.02. The number of aromatic nitrogens is 2. The van der Waals surface area contributed by atoms with E-state index in [0.717, 1.165) is 17.1 Å². The van der Waals surface area contributed by atoms with E-state index in [1.54, 1.807) is 18.6 Å². The van der Waals surface area contributed by atoms with Crippen LogP contribution in [-0.2, 0) is 6.54 Å². The van der Waals surface area contributed by atoms with Crippen LogP contribution in [0.25, 0.3) is 5.69 Å². The predicted octanol–water partition coefficient (Wildman–Crippen LogP) is 3.73. The zero-order chi connectivity index (χ0) is 13.1. The fourth-order valence-electron chi connectivity index (χ4n) is 1.88. The van der Waals surface area contributed by atoms with Gasteiger partial charge in [-0.15, -0.1) is 0 Å². The zero-order valence-corrected chi connectivity index (χ0v) is 10.8. The second-order valence-corrected chi connectivity index (χ2v) is 4.42. The quantitative estimate of drug-likeness (QED) is 0.788. The lowest BCUT2D eigenvalue weighted by atomic mass is 10.2. The molecule has 0 saturated heterocycles. The van der Waals surface area contributed by atoms with Gasteiger partial charge in [0.05, 0.1) is 24.2 Å². The average Bonchev–Trinajstić information content (AvgIpc) is 3.08. The summed E-state index contributed by atoms with van der Waals surface area (Å²) in [6.07, 6.45) is 5.43. The minimum atomic E-state index is 0.402. The number of furan rings is 1. The maximum absolute atomic E-state index is 5.75. The minimum Gasteiger partial charge on any atom is -0.448 e. The number of halogens is 1. The van der Waals surface area contributed by atoms with E-state index in [4.69, 9.17) is 16.0 Å². The molecule has 96 valence electrons. The van der Waals surface area contributed by atoms with Crippen LogP contribution in [0.4, 0.5) is 5.69 Å². The molecule has 0 aliphatic carbocycles. The smallest absolute Gasteiger partial charge is 0.193 e. The van der Waals surface area contributed by atoms with Gasteiger partial charge in [-0.1, -0.05) is 12.1 Å². The molecule has 0 aliphatic heterocycles. The molecule has 0 bridgehead atoms. The minimum absolute atomic E-state index is 0.402. The summed E-state index contributed by atoms with van der Waals surface area (Å²) in [6, 6.07) is 11.6. The fraction of sp³-hybridized carbons (Fsp3) is 0.0714. The molecule has 19 heavy (non-hydrogen) atoms. The maximum Gasteiger partial charge on any atom is 0.193 e. The van der Waals surface area contributed by atoms with E-state index in [0.29, 0.717) is 11.8 Å². The zero-order valence-electron chi connectivity index (χ0n) is 10.1. The van der Waals surface area contributed by atoms with Crippen molar-refractivity contribution in [1.29, 1.82) is 0 Å². The summed E-state index contributed by atoms with van der Waals surface area (Å²) in [5, 5.41) is 3.73. The fourth-order valence-corrected chi connectivity index (χ4v) is 2.04. The molecule has 0 saturated carbocycles. The molecule has 0 spiro atoms. The van der Waals surface area contributed by atoms with E-state index in [1.165, 1.54) is 0 Å². The molecule has 0 aliphatic rings. The topological polar surface area (TPSA) is 43.0 Å². The number of benzene rings is 1. The van der Waals surface area contributed by atoms with E-state index >= 15 is 0 Å². The second-order valence-electron chi connectivity index (χ2n) is 4.05. The molecule has 0 unspecified atom stereocenters. The van der Waals surface area contributed by atoms with E-state index in [-0.39, 0.29) is 0 Å². The van der Waals surface area contributed by atoms with Crippen molar-refractivity contribution in [2.75, 3.05) is 5.32 Å². The summed E-state index contributed by atoms with van der Waals surface area (Å²) < 4.78 is 7.28. The molecule has 0 radical (unpaired) electrons. The van der Waals surface area contributed by atoms with Crippen molar-refractivity contribution in [1.82, 2.24) is 9.55 Å². The first-order chi connectivity index (χ1) is 9.33. The monoisotopic (exact) mass is 273 g/mol. The highest BCUT2D eigenvalue weighted by Crippen LogP contribution is 2.21. The third-order valence-corrected chi connectivity index (χ3v) is 2.97. The molecule has 2 aromatic heterocycles. The number of nitrogens with zero attached hydrogens (tertiary/aromatic N) is 2. The molecule has 1 aromatic carbocycles. The van der Waals surface area contributed by atoms with Crippen molar-refractivity contribution in [3.8, 4) is 5.69 Å². The standard InChI is InChI=1S/C14H12ClN3O/c15-14-6-5-11(19-14)9-17-12-3-1-2-4-13(12)18-8-7-16-10-18/h1-8,10,17H,9H2. The molecule has 0 fully saturated rings. The Morgan fingerprint density at radius 3 is 2.84 bits per heavy atom. The number of hydrogen-bond acceptors (Lipinski definition) is 3. The van der Waals surface area contributed by atoms with Crippen molar-refractivity contribution in [3.63, 3.8) is 0 Å². The maximum atomic E-state index is 5.75. The van der Waals surface area contributed by atoms with Crippen LogP contribution in [0.15, 0.2) is 59.5 Å². The first kappa shape index (κ1) is 11.9. The van der Waals surface area contributed by atoms with Gasteiger partial charge in [-0.05, 0) is 35.9 Å². The average molecular weight is 274 g/mol. The number of imidazole rings is 1. The Morgan fingerprint density at radius 1 is 1.21 bits per heavy atom. The largest absolute Gasteiger partial charge is 0.448 e. The molecular weight excluding hydrogens is 262 g/mol. The van der Waals surface area contributed by atoms with Gasteiger partial charge in [0, 0.05) is 12.4 Å². The highest BCUT2D eigenvalue weighted by Gasteiger charge is 2.04. The van der Waals surface area contributed by atoms with Crippen molar-refractivity contribution in [2.45, 2.75) is 6.54 Å². The van der Waals surface area contributed by atoms with Crippen LogP contribution < -0.4 is 5.32 Å². The molecule has 3 aromatic rings. The van der Waals surface area contributed by atoms with Gasteiger partial charge in [-0.25, -0.2) is 4.98 Å². The summed E-state index contributed by atoms with van der Waals surface area (Å²) in [7, 11) is 0. The van der Waals surface area contributed by atoms with Crippen LogP contribution >= 0.6 is 11.6 Å². The van der Waals surface area contributed by atoms with E-state index in [1.807, 2.05) is 41.1 Å². The van der Waals surface area contributed by atoms with Crippen LogP contribution in [0, 0.1) is 0 Å². The van der Waals surface area contributed by atoms with E-state index in [2.05, 4.69) is 10.3 Å². The molecule has 2 heterocycles. The molecule has 5 heteroatoms.